The molecule has 13 heavy (non-hydrogen) atoms. The van der Waals surface area contributed by atoms with E-state index in [1.54, 1.807) is 0 Å². The van der Waals surface area contributed by atoms with E-state index in [4.69, 9.17) is 0 Å². The van der Waals surface area contributed by atoms with Crippen LogP contribution in [0.2, 0.25) is 0 Å². The summed E-state index contributed by atoms with van der Waals surface area (Å²) in [7, 11) is 0. The molecule has 1 radical (unpaired) electrons. The maximum Gasteiger partial charge on any atom is 0.0137 e. The van der Waals surface area contributed by atoms with Crippen molar-refractivity contribution >= 4 is 6.08 Å². The smallest absolute Gasteiger partial charge is 0.0137 e. The largest absolute Gasteiger partial charge is 0.0754 e. The van der Waals surface area contributed by atoms with Crippen molar-refractivity contribution in [3.63, 3.8) is 0 Å². The molecule has 3 rings (SSSR count). The molecule has 0 fully saturated rings. The van der Waals surface area contributed by atoms with Gasteiger partial charge < -0.3 is 0 Å². The highest BCUT2D eigenvalue weighted by Gasteiger charge is 2.11. The minimum Gasteiger partial charge on any atom is -0.0754 e. The van der Waals surface area contributed by atoms with E-state index in [1.807, 2.05) is 0 Å². The summed E-state index contributed by atoms with van der Waals surface area (Å²) in [5, 5.41) is 0. The molecular weight excluding hydrogens is 156 g/mol. The zero-order chi connectivity index (χ0) is 8.67. The SMILES string of the molecule is [CH]1C=Cc2cccc3cccc-3c21. The van der Waals surface area contributed by atoms with Crippen LogP contribution in [0.1, 0.15) is 11.1 Å². The maximum atomic E-state index is 2.18. The van der Waals surface area contributed by atoms with Crippen LogP contribution in [0.25, 0.3) is 17.2 Å². The molecule has 0 heterocycles. The van der Waals surface area contributed by atoms with Gasteiger partial charge in [0.25, 0.3) is 0 Å². The van der Waals surface area contributed by atoms with Crippen LogP contribution in [-0.4, -0.2) is 0 Å². The molecule has 0 aliphatic heterocycles. The fraction of sp³-hybridized carbons (Fsp3) is 0. The molecule has 0 amide bonds. The third-order valence-electron chi connectivity index (χ3n) is 2.54. The summed E-state index contributed by atoms with van der Waals surface area (Å²) >= 11 is 0. The first-order valence-corrected chi connectivity index (χ1v) is 4.48. The van der Waals surface area contributed by atoms with Gasteiger partial charge in [-0.25, -0.2) is 0 Å². The van der Waals surface area contributed by atoms with Gasteiger partial charge in [0.15, 0.2) is 0 Å². The van der Waals surface area contributed by atoms with E-state index < -0.39 is 0 Å². The molecule has 0 heteroatoms. The fourth-order valence-electron chi connectivity index (χ4n) is 1.90. The number of hydrogen-bond acceptors (Lipinski definition) is 0. The van der Waals surface area contributed by atoms with Crippen LogP contribution in [0, 0.1) is 6.42 Å². The average Bonchev–Trinajstić information content (AvgIpc) is 2.72. The molecule has 0 spiro atoms. The van der Waals surface area contributed by atoms with E-state index in [9.17, 15) is 0 Å². The third-order valence-corrected chi connectivity index (χ3v) is 2.54. The lowest BCUT2D eigenvalue weighted by molar-refractivity contribution is 1.61. The van der Waals surface area contributed by atoms with Crippen LogP contribution >= 0.6 is 0 Å². The molecule has 0 nitrogen and oxygen atoms in total. The molecule has 0 aromatic rings. The average molecular weight is 165 g/mol. The number of allylic oxidation sites excluding steroid dienone is 1. The predicted octanol–water partition coefficient (Wildman–Crippen LogP) is 3.37. The van der Waals surface area contributed by atoms with Crippen LogP contribution in [0.4, 0.5) is 0 Å². The minimum absolute atomic E-state index is 1.32. The number of hydrogen-bond donors (Lipinski definition) is 0. The highest BCUT2D eigenvalue weighted by atomic mass is 14.1. The molecule has 0 N–H and O–H groups in total. The van der Waals surface area contributed by atoms with E-state index in [0.717, 1.165) is 0 Å². The highest BCUT2D eigenvalue weighted by Crippen LogP contribution is 2.32. The molecule has 61 valence electrons. The van der Waals surface area contributed by atoms with Crippen LogP contribution in [0.5, 0.6) is 0 Å². The number of rotatable bonds is 0. The Morgan fingerprint density at radius 1 is 0.846 bits per heavy atom. The van der Waals surface area contributed by atoms with Crippen LogP contribution < -0.4 is 0 Å². The Kier molecular flexibility index (Phi) is 1.31. The Morgan fingerprint density at radius 2 is 1.69 bits per heavy atom. The normalized spacial score (nSPS) is 13.5. The summed E-state index contributed by atoms with van der Waals surface area (Å²) < 4.78 is 0. The third kappa shape index (κ3) is 0.919. The van der Waals surface area contributed by atoms with Gasteiger partial charge in [-0.05, 0) is 22.3 Å². The molecular formula is C13H9. The van der Waals surface area contributed by atoms with Crippen LogP contribution in [0.3, 0.4) is 0 Å². The molecule has 0 unspecified atom stereocenters. The topological polar surface area (TPSA) is 0 Å². The van der Waals surface area contributed by atoms with Crippen molar-refractivity contribution in [3.05, 3.63) is 60.0 Å². The Labute approximate surface area is 77.9 Å². The van der Waals surface area contributed by atoms with Gasteiger partial charge in [0.05, 0.1) is 0 Å². The molecule has 0 bridgehead atoms. The standard InChI is InChI=1S/C13H9/c1-4-10-6-2-8-12(10)13-9-3-7-11(13)5-1/h1-9H. The van der Waals surface area contributed by atoms with Gasteiger partial charge in [-0.3, -0.25) is 0 Å². The van der Waals surface area contributed by atoms with Gasteiger partial charge in [0, 0.05) is 6.42 Å². The van der Waals surface area contributed by atoms with Crippen LogP contribution in [0.15, 0.2) is 42.5 Å². The maximum absolute atomic E-state index is 2.18. The zero-order valence-corrected chi connectivity index (χ0v) is 7.20. The molecule has 3 aliphatic carbocycles. The lowest BCUT2D eigenvalue weighted by Crippen LogP contribution is -1.78. The van der Waals surface area contributed by atoms with E-state index in [2.05, 4.69) is 55.0 Å². The van der Waals surface area contributed by atoms with Gasteiger partial charge in [-0.15, -0.1) is 0 Å². The van der Waals surface area contributed by atoms with Gasteiger partial charge in [0.1, 0.15) is 0 Å². The summed E-state index contributed by atoms with van der Waals surface area (Å²) in [6.45, 7) is 0. The molecule has 0 saturated heterocycles. The Balaban J connectivity index is 2.41. The Bertz CT molecular complexity index is 452. The highest BCUT2D eigenvalue weighted by molar-refractivity contribution is 5.79. The second-order valence-electron chi connectivity index (χ2n) is 3.32. The summed E-state index contributed by atoms with van der Waals surface area (Å²) in [4.78, 5) is 0. The van der Waals surface area contributed by atoms with Crippen molar-refractivity contribution in [1.82, 2.24) is 0 Å². The monoisotopic (exact) mass is 165 g/mol. The predicted molar refractivity (Wildman–Crippen MR) is 55.5 cm³/mol. The van der Waals surface area contributed by atoms with Gasteiger partial charge in [-0.1, -0.05) is 48.6 Å². The number of fused-ring (bicyclic) bond motifs is 3. The summed E-state index contributed by atoms with van der Waals surface area (Å²) in [6.07, 6.45) is 6.44. The first kappa shape index (κ1) is 6.90. The first-order chi connectivity index (χ1) is 6.45. The first-order valence-electron chi connectivity index (χ1n) is 4.48. The summed E-state index contributed by atoms with van der Waals surface area (Å²) in [6, 6.07) is 12.9. The molecule has 0 saturated carbocycles. The Morgan fingerprint density at radius 3 is 2.62 bits per heavy atom. The van der Waals surface area contributed by atoms with Crippen molar-refractivity contribution in [2.24, 2.45) is 0 Å². The fourth-order valence-corrected chi connectivity index (χ4v) is 1.90. The van der Waals surface area contributed by atoms with Gasteiger partial charge in [0.2, 0.25) is 0 Å². The van der Waals surface area contributed by atoms with Crippen molar-refractivity contribution in [1.29, 1.82) is 0 Å². The van der Waals surface area contributed by atoms with Gasteiger partial charge in [-0.2, -0.15) is 0 Å². The van der Waals surface area contributed by atoms with Crippen molar-refractivity contribution < 1.29 is 0 Å². The second kappa shape index (κ2) is 2.46. The zero-order valence-electron chi connectivity index (χ0n) is 7.20. The van der Waals surface area contributed by atoms with E-state index >= 15 is 0 Å². The minimum atomic E-state index is 1.32. The van der Waals surface area contributed by atoms with E-state index in [1.165, 1.54) is 22.3 Å². The summed E-state index contributed by atoms with van der Waals surface area (Å²) in [5.41, 5.74) is 5.34. The molecule has 0 aromatic carbocycles. The van der Waals surface area contributed by atoms with Crippen LogP contribution in [-0.2, 0) is 0 Å². The quantitative estimate of drug-likeness (QED) is 0.561. The van der Waals surface area contributed by atoms with E-state index in [-0.39, 0.29) is 0 Å². The lowest BCUT2D eigenvalue weighted by atomic mass is 10.1. The second-order valence-corrected chi connectivity index (χ2v) is 3.32. The molecule has 0 atom stereocenters. The van der Waals surface area contributed by atoms with Crippen molar-refractivity contribution in [2.45, 2.75) is 0 Å². The van der Waals surface area contributed by atoms with Crippen molar-refractivity contribution in [2.75, 3.05) is 0 Å². The van der Waals surface area contributed by atoms with Gasteiger partial charge >= 0.3 is 0 Å². The molecule has 3 aliphatic rings. The Hall–Kier alpha value is -1.56. The van der Waals surface area contributed by atoms with Crippen molar-refractivity contribution in [3.8, 4) is 11.1 Å². The lowest BCUT2D eigenvalue weighted by Gasteiger charge is -1.98. The molecule has 0 aromatic heterocycles. The van der Waals surface area contributed by atoms with E-state index in [0.29, 0.717) is 0 Å². The summed E-state index contributed by atoms with van der Waals surface area (Å²) in [5.74, 6) is 0.